The summed E-state index contributed by atoms with van der Waals surface area (Å²) >= 11 is 0. The fraction of sp³-hybridized carbons (Fsp3) is 0.462. The third-order valence-electron chi connectivity index (χ3n) is 2.37. The first-order chi connectivity index (χ1) is 8.36. The number of hydrogen-bond donors (Lipinski definition) is 2. The van der Waals surface area contributed by atoms with Crippen LogP contribution in [-0.2, 0) is 11.2 Å². The Morgan fingerprint density at radius 2 is 1.83 bits per heavy atom. The Bertz CT molecular complexity index is 330. The topological polar surface area (TPSA) is 45.7 Å². The summed E-state index contributed by atoms with van der Waals surface area (Å²) < 4.78 is 4.97. The number of hydrogen-bond acceptors (Lipinski definition) is 2. The van der Waals surface area contributed by atoms with Crippen LogP contribution in [0.25, 0.3) is 0 Å². The molecule has 2 N–H and O–H groups in total. The molecule has 0 radical (unpaired) electrons. The molecular weight excluding hydrogens is 341 g/mol. The van der Waals surface area contributed by atoms with E-state index in [2.05, 4.69) is 39.9 Å². The van der Waals surface area contributed by atoms with Crippen molar-refractivity contribution in [3.05, 3.63) is 35.9 Å². The van der Waals surface area contributed by atoms with Gasteiger partial charge >= 0.3 is 0 Å². The number of nitrogens with zero attached hydrogens (tertiary/aromatic N) is 1. The molecule has 0 spiro atoms. The number of aliphatic imine (C=N–C) groups is 1. The van der Waals surface area contributed by atoms with Gasteiger partial charge in [-0.1, -0.05) is 30.3 Å². The van der Waals surface area contributed by atoms with Gasteiger partial charge in [0.2, 0.25) is 0 Å². The molecule has 4 nitrogen and oxygen atoms in total. The molecule has 18 heavy (non-hydrogen) atoms. The van der Waals surface area contributed by atoms with Crippen LogP contribution in [0, 0.1) is 0 Å². The van der Waals surface area contributed by atoms with Crippen molar-refractivity contribution in [2.24, 2.45) is 4.99 Å². The second-order valence-corrected chi connectivity index (χ2v) is 3.65. The minimum absolute atomic E-state index is 0. The van der Waals surface area contributed by atoms with Crippen molar-refractivity contribution in [1.29, 1.82) is 0 Å². The standard InChI is InChI=1S/C13H21N3O.HI/c1-14-13(16-10-11-17-2)15-9-8-12-6-4-3-5-7-12;/h3-7H,8-11H2,1-2H3,(H2,14,15,16);1H. The summed E-state index contributed by atoms with van der Waals surface area (Å²) in [6.07, 6.45) is 0.992. The normalized spacial score (nSPS) is 10.7. The first-order valence-electron chi connectivity index (χ1n) is 5.84. The Morgan fingerprint density at radius 1 is 1.17 bits per heavy atom. The maximum absolute atomic E-state index is 4.97. The highest BCUT2D eigenvalue weighted by Gasteiger charge is 1.96. The van der Waals surface area contributed by atoms with Gasteiger partial charge in [0, 0.05) is 27.2 Å². The molecule has 1 rings (SSSR count). The molecule has 1 aromatic rings. The van der Waals surface area contributed by atoms with E-state index in [1.807, 2.05) is 6.07 Å². The molecule has 0 unspecified atom stereocenters. The number of guanidine groups is 1. The third-order valence-corrected chi connectivity index (χ3v) is 2.37. The smallest absolute Gasteiger partial charge is 0.191 e. The van der Waals surface area contributed by atoms with Crippen LogP contribution in [0.1, 0.15) is 5.56 Å². The number of methoxy groups -OCH3 is 1. The second kappa shape index (κ2) is 11.3. The zero-order valence-corrected chi connectivity index (χ0v) is 13.3. The van der Waals surface area contributed by atoms with E-state index in [4.69, 9.17) is 4.74 Å². The number of nitrogens with one attached hydrogen (secondary N) is 2. The van der Waals surface area contributed by atoms with Gasteiger partial charge in [0.25, 0.3) is 0 Å². The first-order valence-corrected chi connectivity index (χ1v) is 5.84. The zero-order chi connectivity index (χ0) is 12.3. The predicted octanol–water partition coefficient (Wildman–Crippen LogP) is 1.66. The molecule has 0 bridgehead atoms. The van der Waals surface area contributed by atoms with E-state index < -0.39 is 0 Å². The van der Waals surface area contributed by atoms with Gasteiger partial charge in [-0.3, -0.25) is 4.99 Å². The van der Waals surface area contributed by atoms with Crippen molar-refractivity contribution >= 4 is 29.9 Å². The molecule has 0 aliphatic rings. The number of halogens is 1. The molecule has 0 saturated carbocycles. The minimum Gasteiger partial charge on any atom is -0.383 e. The Balaban J connectivity index is 0.00000289. The lowest BCUT2D eigenvalue weighted by molar-refractivity contribution is 0.203. The van der Waals surface area contributed by atoms with Crippen LogP contribution >= 0.6 is 24.0 Å². The van der Waals surface area contributed by atoms with Crippen molar-refractivity contribution < 1.29 is 4.74 Å². The lowest BCUT2D eigenvalue weighted by atomic mass is 10.1. The molecule has 0 fully saturated rings. The van der Waals surface area contributed by atoms with Gasteiger partial charge in [-0.05, 0) is 12.0 Å². The van der Waals surface area contributed by atoms with Crippen molar-refractivity contribution in [1.82, 2.24) is 10.6 Å². The summed E-state index contributed by atoms with van der Waals surface area (Å²) in [5.74, 6) is 0.818. The average molecular weight is 363 g/mol. The fourth-order valence-corrected chi connectivity index (χ4v) is 1.46. The summed E-state index contributed by atoms with van der Waals surface area (Å²) in [7, 11) is 3.46. The van der Waals surface area contributed by atoms with Crippen molar-refractivity contribution in [3.8, 4) is 0 Å². The van der Waals surface area contributed by atoms with E-state index in [0.29, 0.717) is 6.61 Å². The quantitative estimate of drug-likeness (QED) is 0.350. The molecular formula is C13H22IN3O. The predicted molar refractivity (Wildman–Crippen MR) is 86.8 cm³/mol. The lowest BCUT2D eigenvalue weighted by Crippen LogP contribution is -2.39. The Hall–Kier alpha value is -0.820. The molecule has 102 valence electrons. The van der Waals surface area contributed by atoms with Crippen LogP contribution in [0.4, 0.5) is 0 Å². The molecule has 0 atom stereocenters. The summed E-state index contributed by atoms with van der Waals surface area (Å²) in [5, 5.41) is 6.43. The van der Waals surface area contributed by atoms with Gasteiger partial charge < -0.3 is 15.4 Å². The average Bonchev–Trinajstić information content (AvgIpc) is 2.38. The summed E-state index contributed by atoms with van der Waals surface area (Å²) in [6, 6.07) is 10.4. The van der Waals surface area contributed by atoms with Gasteiger partial charge in [0.15, 0.2) is 5.96 Å². The lowest BCUT2D eigenvalue weighted by Gasteiger charge is -2.11. The van der Waals surface area contributed by atoms with Crippen LogP contribution in [0.3, 0.4) is 0 Å². The van der Waals surface area contributed by atoms with E-state index in [1.54, 1.807) is 14.2 Å². The zero-order valence-electron chi connectivity index (χ0n) is 11.0. The van der Waals surface area contributed by atoms with Gasteiger partial charge in [0.1, 0.15) is 0 Å². The number of benzene rings is 1. The van der Waals surface area contributed by atoms with Crippen LogP contribution in [0.2, 0.25) is 0 Å². The highest BCUT2D eigenvalue weighted by Crippen LogP contribution is 1.97. The third kappa shape index (κ3) is 7.50. The summed E-state index contributed by atoms with van der Waals surface area (Å²) in [5.41, 5.74) is 1.33. The first kappa shape index (κ1) is 17.2. The van der Waals surface area contributed by atoms with Gasteiger partial charge in [0.05, 0.1) is 6.61 Å². The highest BCUT2D eigenvalue weighted by molar-refractivity contribution is 14.0. The highest BCUT2D eigenvalue weighted by atomic mass is 127. The van der Waals surface area contributed by atoms with E-state index in [0.717, 1.165) is 25.5 Å². The fourth-order valence-electron chi connectivity index (χ4n) is 1.46. The Labute approximate surface area is 126 Å². The second-order valence-electron chi connectivity index (χ2n) is 3.65. The summed E-state index contributed by atoms with van der Waals surface area (Å²) in [6.45, 7) is 2.32. The van der Waals surface area contributed by atoms with Crippen molar-refractivity contribution in [3.63, 3.8) is 0 Å². The molecule has 1 aromatic carbocycles. The number of rotatable bonds is 6. The van der Waals surface area contributed by atoms with Crippen LogP contribution < -0.4 is 10.6 Å². The number of ether oxygens (including phenoxy) is 1. The summed E-state index contributed by atoms with van der Waals surface area (Å²) in [4.78, 5) is 4.13. The van der Waals surface area contributed by atoms with E-state index in [-0.39, 0.29) is 24.0 Å². The maximum atomic E-state index is 4.97. The van der Waals surface area contributed by atoms with Crippen LogP contribution in [0.15, 0.2) is 35.3 Å². The molecule has 5 heteroatoms. The Kier molecular flexibility index (Phi) is 10.8. The van der Waals surface area contributed by atoms with Crippen LogP contribution in [0.5, 0.6) is 0 Å². The monoisotopic (exact) mass is 363 g/mol. The molecule has 0 aliphatic heterocycles. The van der Waals surface area contributed by atoms with Crippen molar-refractivity contribution in [2.45, 2.75) is 6.42 Å². The molecule has 0 aliphatic carbocycles. The maximum Gasteiger partial charge on any atom is 0.191 e. The van der Waals surface area contributed by atoms with Gasteiger partial charge in [-0.15, -0.1) is 24.0 Å². The minimum atomic E-state index is 0. The Morgan fingerprint density at radius 3 is 2.44 bits per heavy atom. The van der Waals surface area contributed by atoms with Crippen molar-refractivity contribution in [2.75, 3.05) is 33.9 Å². The molecule has 0 heterocycles. The van der Waals surface area contributed by atoms with E-state index in [1.165, 1.54) is 5.56 Å². The van der Waals surface area contributed by atoms with Gasteiger partial charge in [-0.2, -0.15) is 0 Å². The van der Waals surface area contributed by atoms with E-state index in [9.17, 15) is 0 Å². The molecule has 0 amide bonds. The van der Waals surface area contributed by atoms with E-state index >= 15 is 0 Å². The van der Waals surface area contributed by atoms with Crippen LogP contribution in [-0.4, -0.2) is 39.8 Å². The molecule has 0 aromatic heterocycles. The largest absolute Gasteiger partial charge is 0.383 e. The van der Waals surface area contributed by atoms with Gasteiger partial charge in [-0.25, -0.2) is 0 Å². The molecule has 0 saturated heterocycles. The SMILES string of the molecule is CN=C(NCCOC)NCCc1ccccc1.I.